The SMILES string of the molecule is C=NN(Cc1ccc(F)cc1)C(=O)/C(=C\NC=NCCOC)C(=O)O. The van der Waals surface area contributed by atoms with Crippen molar-refractivity contribution in [2.45, 2.75) is 6.54 Å². The highest BCUT2D eigenvalue weighted by Gasteiger charge is 2.23. The number of aliphatic carboxylic acids is 1. The molecule has 0 aromatic heterocycles. The van der Waals surface area contributed by atoms with Crippen LogP contribution < -0.4 is 5.32 Å². The smallest absolute Gasteiger partial charge is 0.342 e. The Balaban J connectivity index is 2.80. The molecule has 0 aliphatic carbocycles. The first-order valence-corrected chi connectivity index (χ1v) is 7.19. The second kappa shape index (κ2) is 10.7. The lowest BCUT2D eigenvalue weighted by atomic mass is 10.2. The maximum Gasteiger partial charge on any atom is 0.342 e. The normalized spacial score (nSPS) is 11.4. The summed E-state index contributed by atoms with van der Waals surface area (Å²) in [5.74, 6) is -2.73. The van der Waals surface area contributed by atoms with Crippen LogP contribution in [0.4, 0.5) is 4.39 Å². The van der Waals surface area contributed by atoms with E-state index in [1.807, 2.05) is 0 Å². The van der Waals surface area contributed by atoms with E-state index in [2.05, 4.69) is 22.1 Å². The van der Waals surface area contributed by atoms with Gasteiger partial charge >= 0.3 is 5.97 Å². The van der Waals surface area contributed by atoms with Crippen molar-refractivity contribution in [1.82, 2.24) is 10.3 Å². The topological polar surface area (TPSA) is 104 Å². The number of hydrogen-bond donors (Lipinski definition) is 2. The molecular formula is C16H19FN4O4. The predicted octanol–water partition coefficient (Wildman–Crippen LogP) is 1.00. The highest BCUT2D eigenvalue weighted by atomic mass is 19.1. The molecule has 0 saturated heterocycles. The maximum atomic E-state index is 12.9. The molecule has 25 heavy (non-hydrogen) atoms. The number of ether oxygens (including phenoxy) is 1. The molecule has 0 unspecified atom stereocenters. The van der Waals surface area contributed by atoms with Crippen LogP contribution in [0.15, 0.2) is 46.1 Å². The number of nitrogens with one attached hydrogen (secondary N) is 1. The summed E-state index contributed by atoms with van der Waals surface area (Å²) in [6.07, 6.45) is 2.25. The third-order valence-electron chi connectivity index (χ3n) is 2.93. The van der Waals surface area contributed by atoms with Crippen LogP contribution in [0.5, 0.6) is 0 Å². The van der Waals surface area contributed by atoms with Gasteiger partial charge in [-0.3, -0.25) is 9.79 Å². The standard InChI is InChI=1S/C16H19FN4O4/c1-18-21(10-12-3-5-13(17)6-4-12)15(22)14(16(23)24)9-20-11-19-7-8-25-2/h3-6,9,11H,1,7-8,10H2,2H3,(H,19,20)(H,23,24)/b14-9+. The Morgan fingerprint density at radius 3 is 2.64 bits per heavy atom. The van der Waals surface area contributed by atoms with Crippen molar-refractivity contribution in [2.24, 2.45) is 10.1 Å². The minimum atomic E-state index is -1.43. The number of hydrazone groups is 1. The molecular weight excluding hydrogens is 331 g/mol. The van der Waals surface area contributed by atoms with Crippen LogP contribution >= 0.6 is 0 Å². The summed E-state index contributed by atoms with van der Waals surface area (Å²) >= 11 is 0. The number of hydrogen-bond acceptors (Lipinski definition) is 5. The first kappa shape index (κ1) is 20.0. The number of nitrogens with zero attached hydrogens (tertiary/aromatic N) is 3. The van der Waals surface area contributed by atoms with Gasteiger partial charge in [0.2, 0.25) is 0 Å². The fraction of sp³-hybridized carbons (Fsp3) is 0.250. The first-order valence-electron chi connectivity index (χ1n) is 7.19. The molecule has 0 bridgehead atoms. The maximum absolute atomic E-state index is 12.9. The van der Waals surface area contributed by atoms with Crippen molar-refractivity contribution in [3.63, 3.8) is 0 Å². The number of amides is 1. The van der Waals surface area contributed by atoms with Crippen LogP contribution in [0.3, 0.4) is 0 Å². The van der Waals surface area contributed by atoms with Gasteiger partial charge in [0, 0.05) is 20.0 Å². The summed E-state index contributed by atoms with van der Waals surface area (Å²) in [7, 11) is 1.53. The molecule has 8 nitrogen and oxygen atoms in total. The summed E-state index contributed by atoms with van der Waals surface area (Å²) < 4.78 is 17.7. The summed E-state index contributed by atoms with van der Waals surface area (Å²) in [5.41, 5.74) is 0.0219. The van der Waals surface area contributed by atoms with Crippen LogP contribution in [0.1, 0.15) is 5.56 Å². The molecule has 0 heterocycles. The number of methoxy groups -OCH3 is 1. The Morgan fingerprint density at radius 1 is 1.40 bits per heavy atom. The van der Waals surface area contributed by atoms with Crippen molar-refractivity contribution in [3.8, 4) is 0 Å². The van der Waals surface area contributed by atoms with Crippen LogP contribution in [0, 0.1) is 5.82 Å². The lowest BCUT2D eigenvalue weighted by molar-refractivity contribution is -0.137. The summed E-state index contributed by atoms with van der Waals surface area (Å²) in [4.78, 5) is 27.5. The van der Waals surface area contributed by atoms with Crippen molar-refractivity contribution >= 4 is 24.9 Å². The molecule has 1 rings (SSSR count). The van der Waals surface area contributed by atoms with Gasteiger partial charge in [0.05, 0.1) is 26.0 Å². The van der Waals surface area contributed by atoms with Crippen LogP contribution in [0.25, 0.3) is 0 Å². The second-order valence-corrected chi connectivity index (χ2v) is 4.69. The van der Waals surface area contributed by atoms with Crippen molar-refractivity contribution in [1.29, 1.82) is 0 Å². The van der Waals surface area contributed by atoms with Gasteiger partial charge in [-0.1, -0.05) is 12.1 Å². The molecule has 2 N–H and O–H groups in total. The van der Waals surface area contributed by atoms with Gasteiger partial charge in [-0.05, 0) is 17.7 Å². The molecule has 1 aromatic rings. The Kier molecular flexibility index (Phi) is 8.52. The molecule has 0 saturated carbocycles. The van der Waals surface area contributed by atoms with Gasteiger partial charge in [-0.25, -0.2) is 14.2 Å². The average molecular weight is 350 g/mol. The quantitative estimate of drug-likeness (QED) is 0.125. The average Bonchev–Trinajstić information content (AvgIpc) is 2.59. The van der Waals surface area contributed by atoms with Crippen molar-refractivity contribution in [3.05, 3.63) is 47.4 Å². The molecule has 0 spiro atoms. The van der Waals surface area contributed by atoms with Gasteiger partial charge in [0.1, 0.15) is 11.4 Å². The van der Waals surface area contributed by atoms with E-state index in [4.69, 9.17) is 4.74 Å². The number of rotatable bonds is 10. The Labute approximate surface area is 144 Å². The third-order valence-corrected chi connectivity index (χ3v) is 2.93. The van der Waals surface area contributed by atoms with Crippen molar-refractivity contribution < 1.29 is 23.8 Å². The van der Waals surface area contributed by atoms with E-state index in [1.54, 1.807) is 0 Å². The first-order chi connectivity index (χ1) is 12.0. The van der Waals surface area contributed by atoms with E-state index >= 15 is 0 Å². The minimum absolute atomic E-state index is 0.0465. The van der Waals surface area contributed by atoms with Crippen LogP contribution in [-0.4, -0.2) is 55.3 Å². The Morgan fingerprint density at radius 2 is 2.08 bits per heavy atom. The molecule has 0 aliphatic heterocycles. The number of carboxylic acid groups (broad SMARTS) is 1. The number of carboxylic acids is 1. The van der Waals surface area contributed by atoms with Gasteiger partial charge in [-0.15, -0.1) is 0 Å². The largest absolute Gasteiger partial charge is 0.477 e. The van der Waals surface area contributed by atoms with E-state index in [-0.39, 0.29) is 6.54 Å². The van der Waals surface area contributed by atoms with Crippen LogP contribution in [-0.2, 0) is 20.9 Å². The lowest BCUT2D eigenvalue weighted by Gasteiger charge is -2.16. The summed E-state index contributed by atoms with van der Waals surface area (Å²) in [5, 5.41) is 16.1. The summed E-state index contributed by atoms with van der Waals surface area (Å²) in [6.45, 7) is 4.02. The van der Waals surface area contributed by atoms with E-state index in [0.717, 1.165) is 11.2 Å². The highest BCUT2D eigenvalue weighted by Crippen LogP contribution is 2.10. The van der Waals surface area contributed by atoms with Crippen molar-refractivity contribution in [2.75, 3.05) is 20.3 Å². The Hall–Kier alpha value is -3.07. The molecule has 0 atom stereocenters. The lowest BCUT2D eigenvalue weighted by Crippen LogP contribution is -2.30. The molecule has 9 heteroatoms. The molecule has 0 fully saturated rings. The zero-order valence-electron chi connectivity index (χ0n) is 13.7. The molecule has 1 amide bonds. The van der Waals surface area contributed by atoms with Gasteiger partial charge in [0.15, 0.2) is 0 Å². The molecule has 1 aromatic carbocycles. The fourth-order valence-electron chi connectivity index (χ4n) is 1.68. The summed E-state index contributed by atoms with van der Waals surface area (Å²) in [6, 6.07) is 5.39. The number of aliphatic imine (C=N–C) groups is 1. The predicted molar refractivity (Wildman–Crippen MR) is 90.6 cm³/mol. The van der Waals surface area contributed by atoms with E-state index < -0.39 is 23.3 Å². The molecule has 0 aliphatic rings. The zero-order valence-corrected chi connectivity index (χ0v) is 13.7. The zero-order chi connectivity index (χ0) is 18.7. The number of carbonyl (C=O) groups excluding carboxylic acids is 1. The van der Waals surface area contributed by atoms with E-state index in [1.165, 1.54) is 37.7 Å². The second-order valence-electron chi connectivity index (χ2n) is 4.69. The van der Waals surface area contributed by atoms with E-state index in [0.29, 0.717) is 18.7 Å². The number of benzene rings is 1. The monoisotopic (exact) mass is 350 g/mol. The van der Waals surface area contributed by atoms with E-state index in [9.17, 15) is 19.1 Å². The minimum Gasteiger partial charge on any atom is -0.477 e. The number of halogens is 1. The highest BCUT2D eigenvalue weighted by molar-refractivity contribution is 6.15. The number of carbonyl (C=O) groups is 2. The van der Waals surface area contributed by atoms with Gasteiger partial charge < -0.3 is 15.2 Å². The fourth-order valence-corrected chi connectivity index (χ4v) is 1.68. The third kappa shape index (κ3) is 6.92. The van der Waals surface area contributed by atoms with Crippen LogP contribution in [0.2, 0.25) is 0 Å². The Bertz CT molecular complexity index is 659. The van der Waals surface area contributed by atoms with Gasteiger partial charge in [0.25, 0.3) is 5.91 Å². The van der Waals surface area contributed by atoms with Gasteiger partial charge in [-0.2, -0.15) is 5.10 Å². The molecule has 0 radical (unpaired) electrons. The molecule has 134 valence electrons.